The van der Waals surface area contributed by atoms with Crippen LogP contribution >= 0.6 is 0 Å². The van der Waals surface area contributed by atoms with E-state index in [1.807, 2.05) is 6.92 Å². The molecular formula is C7H13N3O. The topological polar surface area (TPSA) is 73.6 Å². The summed E-state index contributed by atoms with van der Waals surface area (Å²) in [6.07, 6.45) is 2.64. The smallest absolute Gasteiger partial charge is 0.205 e. The van der Waals surface area contributed by atoms with E-state index >= 15 is 0 Å². The van der Waals surface area contributed by atoms with E-state index in [9.17, 15) is 0 Å². The molecule has 0 radical (unpaired) electrons. The number of nitrogens with zero attached hydrogens (tertiary/aromatic N) is 1. The zero-order valence-electron chi connectivity index (χ0n) is 6.58. The number of ether oxygens (including phenoxy) is 1. The Morgan fingerprint density at radius 3 is 2.82 bits per heavy atom. The van der Waals surface area contributed by atoms with Gasteiger partial charge in [0.05, 0.1) is 18.5 Å². The number of aliphatic imine (C=N–C) groups is 1. The maximum Gasteiger partial charge on any atom is 0.205 e. The van der Waals surface area contributed by atoms with Gasteiger partial charge in [0, 0.05) is 6.20 Å². The first-order valence-electron chi connectivity index (χ1n) is 3.23. The standard InChI is InChI=1S/C7H13N3O/c1-3-11-6(2)10-5-7(9)4-8/h4-5H,2-3,8-9H2,1H3/b7-4+,10-5-. The lowest BCUT2D eigenvalue weighted by atomic mass is 10.5. The van der Waals surface area contributed by atoms with E-state index in [1.165, 1.54) is 12.4 Å². The first kappa shape index (κ1) is 9.55. The van der Waals surface area contributed by atoms with Crippen molar-refractivity contribution < 1.29 is 4.74 Å². The predicted octanol–water partition coefficient (Wildman–Crippen LogP) is 0.324. The number of rotatable bonds is 4. The van der Waals surface area contributed by atoms with Gasteiger partial charge in [-0.2, -0.15) is 0 Å². The van der Waals surface area contributed by atoms with Gasteiger partial charge in [0.2, 0.25) is 5.88 Å². The quantitative estimate of drug-likeness (QED) is 0.453. The summed E-state index contributed by atoms with van der Waals surface area (Å²) < 4.78 is 4.92. The van der Waals surface area contributed by atoms with Crippen LogP contribution in [0.25, 0.3) is 0 Å². The molecule has 4 heteroatoms. The normalized spacial score (nSPS) is 11.9. The summed E-state index contributed by atoms with van der Waals surface area (Å²) in [5.41, 5.74) is 10.8. The number of hydrogen-bond donors (Lipinski definition) is 2. The predicted molar refractivity (Wildman–Crippen MR) is 45.7 cm³/mol. The van der Waals surface area contributed by atoms with Crippen molar-refractivity contribution in [3.8, 4) is 0 Å². The highest BCUT2D eigenvalue weighted by Gasteiger charge is 1.85. The summed E-state index contributed by atoms with van der Waals surface area (Å²) in [4.78, 5) is 3.77. The Morgan fingerprint density at radius 2 is 2.36 bits per heavy atom. The molecule has 0 aliphatic rings. The van der Waals surface area contributed by atoms with Crippen LogP contribution in [0.15, 0.2) is 29.4 Å². The van der Waals surface area contributed by atoms with Crippen molar-refractivity contribution in [1.82, 2.24) is 0 Å². The summed E-state index contributed by atoms with van der Waals surface area (Å²) in [6.45, 7) is 5.90. The highest BCUT2D eigenvalue weighted by molar-refractivity contribution is 5.77. The molecule has 0 aromatic carbocycles. The molecule has 0 saturated carbocycles. The van der Waals surface area contributed by atoms with Crippen LogP contribution in [0, 0.1) is 0 Å². The Morgan fingerprint density at radius 1 is 1.73 bits per heavy atom. The van der Waals surface area contributed by atoms with E-state index in [0.717, 1.165) is 0 Å². The Labute approximate surface area is 66.2 Å². The SMILES string of the molecule is C=C(/N=C\C(N)=C/N)OCC. The van der Waals surface area contributed by atoms with Crippen LogP contribution in [-0.4, -0.2) is 12.8 Å². The molecule has 0 spiro atoms. The minimum absolute atomic E-state index is 0.331. The van der Waals surface area contributed by atoms with Crippen molar-refractivity contribution in [2.75, 3.05) is 6.61 Å². The third kappa shape index (κ3) is 5.02. The van der Waals surface area contributed by atoms with Crippen LogP contribution in [0.5, 0.6) is 0 Å². The molecule has 4 nitrogen and oxygen atoms in total. The lowest BCUT2D eigenvalue weighted by Gasteiger charge is -1.98. The van der Waals surface area contributed by atoms with E-state index in [2.05, 4.69) is 11.6 Å². The molecular weight excluding hydrogens is 142 g/mol. The average molecular weight is 155 g/mol. The minimum Gasteiger partial charge on any atom is -0.478 e. The number of allylic oxidation sites excluding steroid dienone is 1. The molecule has 4 N–H and O–H groups in total. The van der Waals surface area contributed by atoms with Crippen molar-refractivity contribution in [3.63, 3.8) is 0 Å². The fourth-order valence-electron chi connectivity index (χ4n) is 0.393. The first-order chi connectivity index (χ1) is 5.20. The maximum absolute atomic E-state index is 5.31. The molecule has 0 amide bonds. The van der Waals surface area contributed by atoms with Gasteiger partial charge in [-0.05, 0) is 13.5 Å². The largest absolute Gasteiger partial charge is 0.478 e. The van der Waals surface area contributed by atoms with Crippen LogP contribution < -0.4 is 11.5 Å². The zero-order valence-corrected chi connectivity index (χ0v) is 6.58. The molecule has 0 aromatic rings. The summed E-state index contributed by atoms with van der Waals surface area (Å²) in [5, 5.41) is 0. The second-order valence-corrected chi connectivity index (χ2v) is 1.75. The van der Waals surface area contributed by atoms with Crippen molar-refractivity contribution in [2.24, 2.45) is 16.5 Å². The minimum atomic E-state index is 0.331. The Hall–Kier alpha value is -1.45. The van der Waals surface area contributed by atoms with Crippen LogP contribution in [0.2, 0.25) is 0 Å². The molecule has 0 rings (SSSR count). The van der Waals surface area contributed by atoms with Gasteiger partial charge in [0.1, 0.15) is 0 Å². The Kier molecular flexibility index (Phi) is 4.64. The molecule has 0 atom stereocenters. The highest BCUT2D eigenvalue weighted by Crippen LogP contribution is 1.93. The van der Waals surface area contributed by atoms with Crippen LogP contribution in [0.1, 0.15) is 6.92 Å². The molecule has 62 valence electrons. The number of hydrogen-bond acceptors (Lipinski definition) is 4. The summed E-state index contributed by atoms with van der Waals surface area (Å²) in [5.74, 6) is 0.331. The van der Waals surface area contributed by atoms with Gasteiger partial charge < -0.3 is 16.2 Å². The van der Waals surface area contributed by atoms with Gasteiger partial charge >= 0.3 is 0 Å². The van der Waals surface area contributed by atoms with Gasteiger partial charge in [-0.25, -0.2) is 4.99 Å². The monoisotopic (exact) mass is 155 g/mol. The highest BCUT2D eigenvalue weighted by atomic mass is 16.5. The lowest BCUT2D eigenvalue weighted by molar-refractivity contribution is 0.229. The third-order valence-electron chi connectivity index (χ3n) is 0.861. The fraction of sp³-hybridized carbons (Fsp3) is 0.286. The molecule has 11 heavy (non-hydrogen) atoms. The first-order valence-corrected chi connectivity index (χ1v) is 3.23. The molecule has 0 fully saturated rings. The lowest BCUT2D eigenvalue weighted by Crippen LogP contribution is -2.01. The van der Waals surface area contributed by atoms with Crippen molar-refractivity contribution in [3.05, 3.63) is 24.4 Å². The second kappa shape index (κ2) is 5.34. The summed E-state index contributed by atoms with van der Waals surface area (Å²) >= 11 is 0. The van der Waals surface area contributed by atoms with Crippen molar-refractivity contribution >= 4 is 6.21 Å². The van der Waals surface area contributed by atoms with Gasteiger partial charge in [0.25, 0.3) is 0 Å². The van der Waals surface area contributed by atoms with Gasteiger partial charge in [-0.1, -0.05) is 0 Å². The van der Waals surface area contributed by atoms with E-state index in [0.29, 0.717) is 18.2 Å². The van der Waals surface area contributed by atoms with E-state index < -0.39 is 0 Å². The van der Waals surface area contributed by atoms with E-state index in [1.54, 1.807) is 0 Å². The summed E-state index contributed by atoms with van der Waals surface area (Å²) in [6, 6.07) is 0. The fourth-order valence-corrected chi connectivity index (χ4v) is 0.393. The Bertz CT molecular complexity index is 184. The van der Waals surface area contributed by atoms with Gasteiger partial charge in [-0.15, -0.1) is 0 Å². The van der Waals surface area contributed by atoms with Gasteiger partial charge in [-0.3, -0.25) is 0 Å². The number of nitrogens with two attached hydrogens (primary N) is 2. The molecule has 0 aliphatic heterocycles. The molecule has 0 unspecified atom stereocenters. The third-order valence-corrected chi connectivity index (χ3v) is 0.861. The Balaban J connectivity index is 3.83. The second-order valence-electron chi connectivity index (χ2n) is 1.75. The summed E-state index contributed by atoms with van der Waals surface area (Å²) in [7, 11) is 0. The van der Waals surface area contributed by atoms with Crippen molar-refractivity contribution in [1.29, 1.82) is 0 Å². The molecule has 0 bridgehead atoms. The molecule has 0 aliphatic carbocycles. The van der Waals surface area contributed by atoms with Crippen molar-refractivity contribution in [2.45, 2.75) is 6.92 Å². The van der Waals surface area contributed by atoms with Crippen LogP contribution in [-0.2, 0) is 4.74 Å². The zero-order chi connectivity index (χ0) is 8.69. The molecule has 0 aromatic heterocycles. The van der Waals surface area contributed by atoms with Crippen LogP contribution in [0.4, 0.5) is 0 Å². The van der Waals surface area contributed by atoms with E-state index in [4.69, 9.17) is 16.2 Å². The maximum atomic E-state index is 5.31. The molecule has 0 saturated heterocycles. The molecule has 0 heterocycles. The average Bonchev–Trinajstić information content (AvgIpc) is 2.01. The van der Waals surface area contributed by atoms with E-state index in [-0.39, 0.29) is 0 Å². The van der Waals surface area contributed by atoms with Crippen LogP contribution in [0.3, 0.4) is 0 Å². The van der Waals surface area contributed by atoms with Gasteiger partial charge in [0.15, 0.2) is 0 Å².